The SMILES string of the molecule is O=C(Nc1ccc(NC2CC2)cc1)c1cccc(Cl)c1. The Balaban J connectivity index is 1.65. The maximum atomic E-state index is 12.1. The molecule has 1 aliphatic rings. The number of amides is 1. The van der Waals surface area contributed by atoms with Crippen LogP contribution >= 0.6 is 11.6 Å². The van der Waals surface area contributed by atoms with Crippen molar-refractivity contribution in [2.75, 3.05) is 10.6 Å². The summed E-state index contributed by atoms with van der Waals surface area (Å²) in [6, 6.07) is 15.3. The highest BCUT2D eigenvalue weighted by Crippen LogP contribution is 2.25. The zero-order valence-corrected chi connectivity index (χ0v) is 11.7. The van der Waals surface area contributed by atoms with Crippen molar-refractivity contribution >= 4 is 28.9 Å². The Bertz CT molecular complexity index is 621. The van der Waals surface area contributed by atoms with Gasteiger partial charge < -0.3 is 10.6 Å². The Kier molecular flexibility index (Phi) is 3.61. The van der Waals surface area contributed by atoms with Crippen LogP contribution in [0.5, 0.6) is 0 Å². The van der Waals surface area contributed by atoms with E-state index in [1.807, 2.05) is 24.3 Å². The van der Waals surface area contributed by atoms with Gasteiger partial charge in [-0.3, -0.25) is 4.79 Å². The van der Waals surface area contributed by atoms with E-state index in [4.69, 9.17) is 11.6 Å². The Morgan fingerprint density at radius 3 is 2.40 bits per heavy atom. The van der Waals surface area contributed by atoms with Gasteiger partial charge in [0.05, 0.1) is 0 Å². The van der Waals surface area contributed by atoms with Gasteiger partial charge >= 0.3 is 0 Å². The second-order valence-electron chi connectivity index (χ2n) is 4.96. The van der Waals surface area contributed by atoms with Gasteiger partial charge in [-0.15, -0.1) is 0 Å². The van der Waals surface area contributed by atoms with Gasteiger partial charge in [0.25, 0.3) is 5.91 Å². The fourth-order valence-corrected chi connectivity index (χ4v) is 2.14. The molecular weight excluding hydrogens is 272 g/mol. The molecule has 0 aliphatic heterocycles. The van der Waals surface area contributed by atoms with E-state index in [2.05, 4.69) is 10.6 Å². The summed E-state index contributed by atoms with van der Waals surface area (Å²) in [4.78, 5) is 12.1. The van der Waals surface area contributed by atoms with E-state index < -0.39 is 0 Å². The van der Waals surface area contributed by atoms with Gasteiger partial charge in [0.15, 0.2) is 0 Å². The van der Waals surface area contributed by atoms with Crippen molar-refractivity contribution in [2.45, 2.75) is 18.9 Å². The lowest BCUT2D eigenvalue weighted by atomic mass is 10.2. The molecule has 0 radical (unpaired) electrons. The summed E-state index contributed by atoms with van der Waals surface area (Å²) in [7, 11) is 0. The average molecular weight is 287 g/mol. The first-order chi connectivity index (χ1) is 9.70. The molecule has 0 saturated heterocycles. The monoisotopic (exact) mass is 286 g/mol. The number of hydrogen-bond donors (Lipinski definition) is 2. The molecule has 2 aromatic rings. The molecule has 1 aliphatic carbocycles. The number of rotatable bonds is 4. The van der Waals surface area contributed by atoms with Crippen molar-refractivity contribution in [3.63, 3.8) is 0 Å². The Morgan fingerprint density at radius 2 is 1.75 bits per heavy atom. The number of carbonyl (C=O) groups excluding carboxylic acids is 1. The molecule has 0 bridgehead atoms. The number of halogens is 1. The second-order valence-corrected chi connectivity index (χ2v) is 5.40. The maximum absolute atomic E-state index is 12.1. The molecule has 3 rings (SSSR count). The van der Waals surface area contributed by atoms with Crippen LogP contribution in [0.4, 0.5) is 11.4 Å². The van der Waals surface area contributed by atoms with Gasteiger partial charge in [-0.25, -0.2) is 0 Å². The third kappa shape index (κ3) is 3.31. The summed E-state index contributed by atoms with van der Waals surface area (Å²) in [5.41, 5.74) is 2.42. The van der Waals surface area contributed by atoms with Crippen molar-refractivity contribution in [2.24, 2.45) is 0 Å². The van der Waals surface area contributed by atoms with Crippen LogP contribution in [0.15, 0.2) is 48.5 Å². The van der Waals surface area contributed by atoms with Gasteiger partial charge in [0, 0.05) is 28.0 Å². The normalized spacial score (nSPS) is 13.8. The van der Waals surface area contributed by atoms with E-state index in [1.165, 1.54) is 12.8 Å². The highest BCUT2D eigenvalue weighted by atomic mass is 35.5. The predicted molar refractivity (Wildman–Crippen MR) is 82.5 cm³/mol. The molecule has 0 heterocycles. The summed E-state index contributed by atoms with van der Waals surface area (Å²) in [6.45, 7) is 0. The van der Waals surface area contributed by atoms with Crippen LogP contribution in [0.2, 0.25) is 5.02 Å². The minimum atomic E-state index is -0.157. The third-order valence-corrected chi connectivity index (χ3v) is 3.41. The van der Waals surface area contributed by atoms with Crippen molar-refractivity contribution < 1.29 is 4.79 Å². The molecular formula is C16H15ClN2O. The van der Waals surface area contributed by atoms with E-state index in [-0.39, 0.29) is 5.91 Å². The number of anilines is 2. The van der Waals surface area contributed by atoms with Crippen LogP contribution in [0.25, 0.3) is 0 Å². The quantitative estimate of drug-likeness (QED) is 0.886. The van der Waals surface area contributed by atoms with Gasteiger partial charge in [0.2, 0.25) is 0 Å². The molecule has 0 atom stereocenters. The molecule has 2 N–H and O–H groups in total. The lowest BCUT2D eigenvalue weighted by Gasteiger charge is -2.08. The molecule has 1 fully saturated rings. The number of hydrogen-bond acceptors (Lipinski definition) is 2. The van der Waals surface area contributed by atoms with Gasteiger partial charge in [-0.1, -0.05) is 17.7 Å². The molecule has 102 valence electrons. The Hall–Kier alpha value is -2.00. The molecule has 1 saturated carbocycles. The van der Waals surface area contributed by atoms with Crippen LogP contribution in [-0.4, -0.2) is 11.9 Å². The van der Waals surface area contributed by atoms with Crippen LogP contribution in [-0.2, 0) is 0 Å². The number of carbonyl (C=O) groups is 1. The molecule has 0 spiro atoms. The van der Waals surface area contributed by atoms with Gasteiger partial charge in [0.1, 0.15) is 0 Å². The third-order valence-electron chi connectivity index (χ3n) is 3.18. The van der Waals surface area contributed by atoms with Crippen LogP contribution in [0.1, 0.15) is 23.2 Å². The summed E-state index contributed by atoms with van der Waals surface area (Å²) in [5, 5.41) is 6.82. The highest BCUT2D eigenvalue weighted by molar-refractivity contribution is 6.31. The Morgan fingerprint density at radius 1 is 1.05 bits per heavy atom. The van der Waals surface area contributed by atoms with Gasteiger partial charge in [-0.2, -0.15) is 0 Å². The first-order valence-corrected chi connectivity index (χ1v) is 7.02. The van der Waals surface area contributed by atoms with E-state index >= 15 is 0 Å². The number of nitrogens with one attached hydrogen (secondary N) is 2. The fraction of sp³-hybridized carbons (Fsp3) is 0.188. The van der Waals surface area contributed by atoms with E-state index in [0.717, 1.165) is 11.4 Å². The molecule has 20 heavy (non-hydrogen) atoms. The number of benzene rings is 2. The molecule has 1 amide bonds. The van der Waals surface area contributed by atoms with Gasteiger partial charge in [-0.05, 0) is 55.3 Å². The molecule has 0 unspecified atom stereocenters. The summed E-state index contributed by atoms with van der Waals surface area (Å²) in [5.74, 6) is -0.157. The van der Waals surface area contributed by atoms with Crippen LogP contribution in [0, 0.1) is 0 Å². The summed E-state index contributed by atoms with van der Waals surface area (Å²) >= 11 is 5.88. The standard InChI is InChI=1S/C16H15ClN2O/c17-12-3-1-2-11(10-12)16(20)19-15-8-6-14(7-9-15)18-13-4-5-13/h1-3,6-10,13,18H,4-5H2,(H,19,20). The average Bonchev–Trinajstić information content (AvgIpc) is 3.25. The first kappa shape index (κ1) is 13.0. The minimum Gasteiger partial charge on any atom is -0.382 e. The zero-order valence-electron chi connectivity index (χ0n) is 10.9. The van der Waals surface area contributed by atoms with Crippen LogP contribution in [0.3, 0.4) is 0 Å². The largest absolute Gasteiger partial charge is 0.382 e. The topological polar surface area (TPSA) is 41.1 Å². The summed E-state index contributed by atoms with van der Waals surface area (Å²) in [6.07, 6.45) is 2.49. The van der Waals surface area contributed by atoms with E-state index in [0.29, 0.717) is 16.6 Å². The highest BCUT2D eigenvalue weighted by Gasteiger charge is 2.20. The second kappa shape index (κ2) is 5.55. The minimum absolute atomic E-state index is 0.157. The van der Waals surface area contributed by atoms with Crippen molar-refractivity contribution in [1.29, 1.82) is 0 Å². The maximum Gasteiger partial charge on any atom is 0.255 e. The smallest absolute Gasteiger partial charge is 0.255 e. The fourth-order valence-electron chi connectivity index (χ4n) is 1.95. The lowest BCUT2D eigenvalue weighted by Crippen LogP contribution is -2.11. The molecule has 4 heteroatoms. The molecule has 3 nitrogen and oxygen atoms in total. The lowest BCUT2D eigenvalue weighted by molar-refractivity contribution is 0.102. The first-order valence-electron chi connectivity index (χ1n) is 6.64. The zero-order chi connectivity index (χ0) is 13.9. The van der Waals surface area contributed by atoms with E-state index in [9.17, 15) is 4.79 Å². The summed E-state index contributed by atoms with van der Waals surface area (Å²) < 4.78 is 0. The predicted octanol–water partition coefficient (Wildman–Crippen LogP) is 4.17. The molecule has 0 aromatic heterocycles. The van der Waals surface area contributed by atoms with Crippen molar-refractivity contribution in [3.8, 4) is 0 Å². The van der Waals surface area contributed by atoms with Crippen LogP contribution < -0.4 is 10.6 Å². The van der Waals surface area contributed by atoms with Crippen molar-refractivity contribution in [3.05, 3.63) is 59.1 Å². The molecule has 2 aromatic carbocycles. The van der Waals surface area contributed by atoms with E-state index in [1.54, 1.807) is 24.3 Å². The Labute approximate surface area is 123 Å². The van der Waals surface area contributed by atoms with Crippen molar-refractivity contribution in [1.82, 2.24) is 0 Å².